The van der Waals surface area contributed by atoms with Gasteiger partial charge in [0, 0.05) is 12.1 Å². The van der Waals surface area contributed by atoms with Crippen LogP contribution >= 0.6 is 0 Å². The number of likely N-dealkylation sites (tertiary alicyclic amines) is 1. The van der Waals surface area contributed by atoms with E-state index in [9.17, 15) is 4.79 Å². The van der Waals surface area contributed by atoms with Gasteiger partial charge >= 0.3 is 0 Å². The number of hydrogen-bond donors (Lipinski definition) is 1. The van der Waals surface area contributed by atoms with Gasteiger partial charge in [-0.25, -0.2) is 0 Å². The molecule has 1 unspecified atom stereocenters. The smallest absolute Gasteiger partial charge is 0.282 e. The van der Waals surface area contributed by atoms with Crippen LogP contribution in [-0.4, -0.2) is 43.2 Å². The minimum absolute atomic E-state index is 0.0520. The van der Waals surface area contributed by atoms with Crippen molar-refractivity contribution in [2.75, 3.05) is 32.1 Å². The van der Waals surface area contributed by atoms with Crippen LogP contribution in [0.1, 0.15) is 57.1 Å². The predicted octanol–water partition coefficient (Wildman–Crippen LogP) is 4.44. The molecule has 25 heavy (non-hydrogen) atoms. The van der Waals surface area contributed by atoms with Gasteiger partial charge in [-0.2, -0.15) is 0 Å². The molecule has 4 heteroatoms. The molecule has 1 amide bonds. The van der Waals surface area contributed by atoms with E-state index in [1.165, 1.54) is 19.3 Å². The van der Waals surface area contributed by atoms with Gasteiger partial charge in [0.2, 0.25) is 0 Å². The van der Waals surface area contributed by atoms with E-state index in [0.29, 0.717) is 0 Å². The molecule has 1 aromatic carbocycles. The summed E-state index contributed by atoms with van der Waals surface area (Å²) in [5.41, 5.74) is 3.06. The Morgan fingerprint density at radius 3 is 2.24 bits per heavy atom. The summed E-state index contributed by atoms with van der Waals surface area (Å²) in [7, 11) is 1.68. The number of likely N-dealkylation sites (N-methyl/N-ethyl adjacent to an activating group) is 1. The number of piperidine rings is 1. The van der Waals surface area contributed by atoms with Crippen LogP contribution in [0.4, 0.5) is 5.69 Å². The molecule has 1 heterocycles. The number of rotatable bonds is 7. The molecule has 0 spiro atoms. The Hall–Kier alpha value is -1.55. The molecule has 1 aliphatic rings. The van der Waals surface area contributed by atoms with Gasteiger partial charge in [0.05, 0.1) is 26.7 Å². The first kappa shape index (κ1) is 19.8. The molecular weight excluding hydrogens is 312 g/mol. The van der Waals surface area contributed by atoms with Crippen molar-refractivity contribution in [2.45, 2.75) is 65.8 Å². The molecular formula is C21H35N2O2+. The monoisotopic (exact) mass is 347 g/mol. The van der Waals surface area contributed by atoms with Gasteiger partial charge in [-0.1, -0.05) is 6.92 Å². The molecule has 2 rings (SSSR count). The lowest BCUT2D eigenvalue weighted by Crippen LogP contribution is -2.61. The van der Waals surface area contributed by atoms with E-state index in [1.807, 2.05) is 26.0 Å². The summed E-state index contributed by atoms with van der Waals surface area (Å²) in [6.45, 7) is 11.8. The third kappa shape index (κ3) is 4.35. The maximum Gasteiger partial charge on any atom is 0.282 e. The molecule has 1 N–H and O–H groups in total. The van der Waals surface area contributed by atoms with Gasteiger partial charge in [-0.05, 0) is 69.7 Å². The standard InChI is InChI=1S/C21H34N2O2/c1-6-11-19(23(7-2)12-9-8-10-13-23)21(24)22-20-16(3)14-18(25-5)15-17(20)4/h14-15,19H,6-13H2,1-5H3/p+1. The van der Waals surface area contributed by atoms with Crippen LogP contribution in [-0.2, 0) is 4.79 Å². The van der Waals surface area contributed by atoms with E-state index >= 15 is 0 Å². The average Bonchev–Trinajstić information content (AvgIpc) is 2.62. The lowest BCUT2D eigenvalue weighted by molar-refractivity contribution is -0.945. The first-order valence-corrected chi connectivity index (χ1v) is 9.79. The highest BCUT2D eigenvalue weighted by Crippen LogP contribution is 2.29. The first-order valence-electron chi connectivity index (χ1n) is 9.79. The summed E-state index contributed by atoms with van der Waals surface area (Å²) < 4.78 is 6.29. The molecule has 0 radical (unpaired) electrons. The Labute approximate surface area is 153 Å². The predicted molar refractivity (Wildman–Crippen MR) is 104 cm³/mol. The Kier molecular flexibility index (Phi) is 6.88. The highest BCUT2D eigenvalue weighted by molar-refractivity contribution is 5.95. The van der Waals surface area contributed by atoms with Gasteiger partial charge < -0.3 is 14.5 Å². The van der Waals surface area contributed by atoms with Gasteiger partial charge in [0.25, 0.3) is 5.91 Å². The fraction of sp³-hybridized carbons (Fsp3) is 0.667. The zero-order valence-corrected chi connectivity index (χ0v) is 16.7. The third-order valence-corrected chi connectivity index (χ3v) is 5.85. The number of nitrogens with zero attached hydrogens (tertiary/aromatic N) is 1. The van der Waals surface area contributed by atoms with Crippen molar-refractivity contribution in [1.29, 1.82) is 0 Å². The van der Waals surface area contributed by atoms with Crippen molar-refractivity contribution >= 4 is 11.6 Å². The molecule has 0 aromatic heterocycles. The summed E-state index contributed by atoms with van der Waals surface area (Å²) in [5, 5.41) is 3.26. The Morgan fingerprint density at radius 2 is 1.76 bits per heavy atom. The van der Waals surface area contributed by atoms with E-state index in [4.69, 9.17) is 4.74 Å². The topological polar surface area (TPSA) is 38.3 Å². The van der Waals surface area contributed by atoms with Crippen molar-refractivity contribution in [3.63, 3.8) is 0 Å². The van der Waals surface area contributed by atoms with E-state index in [0.717, 1.165) is 59.5 Å². The average molecular weight is 348 g/mol. The first-order chi connectivity index (χ1) is 12.0. The number of amides is 1. The summed E-state index contributed by atoms with van der Waals surface area (Å²) in [4.78, 5) is 13.3. The minimum atomic E-state index is 0.0520. The molecule has 140 valence electrons. The normalized spacial score (nSPS) is 17.8. The van der Waals surface area contributed by atoms with Gasteiger partial charge in [-0.15, -0.1) is 0 Å². The molecule has 4 nitrogen and oxygen atoms in total. The second-order valence-electron chi connectivity index (χ2n) is 7.47. The minimum Gasteiger partial charge on any atom is -0.497 e. The molecule has 0 bridgehead atoms. The van der Waals surface area contributed by atoms with Crippen molar-refractivity contribution in [1.82, 2.24) is 0 Å². The molecule has 1 saturated heterocycles. The second-order valence-corrected chi connectivity index (χ2v) is 7.47. The van der Waals surface area contributed by atoms with Crippen LogP contribution in [0.15, 0.2) is 12.1 Å². The fourth-order valence-electron chi connectivity index (χ4n) is 4.36. The van der Waals surface area contributed by atoms with Crippen molar-refractivity contribution in [2.24, 2.45) is 0 Å². The highest BCUT2D eigenvalue weighted by atomic mass is 16.5. The number of benzene rings is 1. The number of carbonyl (C=O) groups excluding carboxylic acids is 1. The summed E-state index contributed by atoms with van der Waals surface area (Å²) in [6, 6.07) is 4.03. The highest BCUT2D eigenvalue weighted by Gasteiger charge is 2.41. The lowest BCUT2D eigenvalue weighted by atomic mass is 9.98. The number of ether oxygens (including phenoxy) is 1. The van der Waals surface area contributed by atoms with Crippen LogP contribution in [0, 0.1) is 13.8 Å². The largest absolute Gasteiger partial charge is 0.497 e. The van der Waals surface area contributed by atoms with Crippen LogP contribution in [0.5, 0.6) is 5.75 Å². The van der Waals surface area contributed by atoms with E-state index in [1.54, 1.807) is 7.11 Å². The number of anilines is 1. The molecule has 1 aliphatic heterocycles. The maximum atomic E-state index is 13.3. The quantitative estimate of drug-likeness (QED) is 0.741. The second kappa shape index (κ2) is 8.70. The van der Waals surface area contributed by atoms with E-state index in [-0.39, 0.29) is 11.9 Å². The third-order valence-electron chi connectivity index (χ3n) is 5.85. The van der Waals surface area contributed by atoms with E-state index < -0.39 is 0 Å². The number of hydrogen-bond acceptors (Lipinski definition) is 2. The molecule has 0 saturated carbocycles. The van der Waals surface area contributed by atoms with Crippen molar-refractivity contribution in [3.05, 3.63) is 23.3 Å². The lowest BCUT2D eigenvalue weighted by Gasteiger charge is -2.46. The summed E-state index contributed by atoms with van der Waals surface area (Å²) in [6.07, 6.45) is 5.77. The number of methoxy groups -OCH3 is 1. The molecule has 0 aliphatic carbocycles. The SMILES string of the molecule is CCCC(C(=O)Nc1c(C)cc(OC)cc1C)[N+]1(CC)CCCCC1. The number of aryl methyl sites for hydroxylation is 2. The summed E-state index contributed by atoms with van der Waals surface area (Å²) >= 11 is 0. The van der Waals surface area contributed by atoms with Gasteiger partial charge in [0.15, 0.2) is 6.04 Å². The van der Waals surface area contributed by atoms with Crippen molar-refractivity contribution < 1.29 is 14.0 Å². The van der Waals surface area contributed by atoms with E-state index in [2.05, 4.69) is 19.2 Å². The number of nitrogens with one attached hydrogen (secondary N) is 1. The molecule has 1 fully saturated rings. The van der Waals surface area contributed by atoms with Crippen molar-refractivity contribution in [3.8, 4) is 5.75 Å². The van der Waals surface area contributed by atoms with Crippen LogP contribution in [0.2, 0.25) is 0 Å². The van der Waals surface area contributed by atoms with Gasteiger partial charge in [0.1, 0.15) is 5.75 Å². The number of carbonyl (C=O) groups is 1. The zero-order chi connectivity index (χ0) is 18.4. The van der Waals surface area contributed by atoms with Gasteiger partial charge in [-0.3, -0.25) is 4.79 Å². The zero-order valence-electron chi connectivity index (χ0n) is 16.7. The number of quaternary nitrogens is 1. The maximum absolute atomic E-state index is 13.3. The Morgan fingerprint density at radius 1 is 1.16 bits per heavy atom. The van der Waals surface area contributed by atoms with Crippen LogP contribution < -0.4 is 10.1 Å². The summed E-state index contributed by atoms with van der Waals surface area (Å²) in [5.74, 6) is 1.02. The molecule has 1 atom stereocenters. The Bertz CT molecular complexity index is 569. The molecule has 1 aromatic rings. The van der Waals surface area contributed by atoms with Crippen LogP contribution in [0.3, 0.4) is 0 Å². The fourth-order valence-corrected chi connectivity index (χ4v) is 4.36. The van der Waals surface area contributed by atoms with Crippen LogP contribution in [0.25, 0.3) is 0 Å². The Balaban J connectivity index is 2.26.